The van der Waals surface area contributed by atoms with Gasteiger partial charge in [0.15, 0.2) is 0 Å². The number of aromatic amines is 1. The van der Waals surface area contributed by atoms with Crippen molar-refractivity contribution in [3.8, 4) is 11.1 Å². The van der Waals surface area contributed by atoms with Gasteiger partial charge in [-0.05, 0) is 23.3 Å². The number of pyridine rings is 1. The molecule has 0 aliphatic rings. The standard InChI is InChI=1S/C15H10F2N2O2/c16-12-4-8(1-2-9(12)5-14(20)21)10-3-11-13(17)7-19-15(11)18-6-10/h1-4,6-7H,5H2,(H,18,19)(H,20,21). The second-order valence-corrected chi connectivity index (χ2v) is 4.63. The van der Waals surface area contributed by atoms with E-state index >= 15 is 0 Å². The van der Waals surface area contributed by atoms with E-state index in [-0.39, 0.29) is 12.0 Å². The zero-order chi connectivity index (χ0) is 15.0. The van der Waals surface area contributed by atoms with Crippen LogP contribution in [0.4, 0.5) is 8.78 Å². The Labute approximate surface area is 118 Å². The van der Waals surface area contributed by atoms with Crippen LogP contribution in [0, 0.1) is 11.6 Å². The second-order valence-electron chi connectivity index (χ2n) is 4.63. The Kier molecular flexibility index (Phi) is 3.13. The number of carboxylic acid groups (broad SMARTS) is 1. The number of nitrogens with one attached hydrogen (secondary N) is 1. The van der Waals surface area contributed by atoms with Gasteiger partial charge in [-0.3, -0.25) is 4.79 Å². The third-order valence-corrected chi connectivity index (χ3v) is 3.21. The number of aliphatic carboxylic acids is 1. The molecule has 0 aliphatic heterocycles. The molecule has 106 valence electrons. The predicted molar refractivity (Wildman–Crippen MR) is 72.8 cm³/mol. The van der Waals surface area contributed by atoms with Crippen molar-refractivity contribution in [1.29, 1.82) is 0 Å². The summed E-state index contributed by atoms with van der Waals surface area (Å²) in [7, 11) is 0. The fraction of sp³-hybridized carbons (Fsp3) is 0.0667. The van der Waals surface area contributed by atoms with Gasteiger partial charge >= 0.3 is 5.97 Å². The molecule has 2 heterocycles. The average Bonchev–Trinajstić information content (AvgIpc) is 2.82. The lowest BCUT2D eigenvalue weighted by atomic mass is 10.0. The Morgan fingerprint density at radius 2 is 2.00 bits per heavy atom. The molecular formula is C15H10F2N2O2. The van der Waals surface area contributed by atoms with Gasteiger partial charge in [0.05, 0.1) is 11.8 Å². The lowest BCUT2D eigenvalue weighted by Gasteiger charge is -2.05. The summed E-state index contributed by atoms with van der Waals surface area (Å²) in [6.45, 7) is 0. The molecule has 6 heteroatoms. The molecule has 0 spiro atoms. The molecule has 2 aromatic heterocycles. The lowest BCUT2D eigenvalue weighted by molar-refractivity contribution is -0.136. The highest BCUT2D eigenvalue weighted by Gasteiger charge is 2.10. The van der Waals surface area contributed by atoms with Gasteiger partial charge in [-0.15, -0.1) is 0 Å². The number of carboxylic acids is 1. The SMILES string of the molecule is O=C(O)Cc1ccc(-c2cnc3[nH]cc(F)c3c2)cc1F. The number of nitrogens with zero attached hydrogens (tertiary/aromatic N) is 1. The first kappa shape index (κ1) is 13.2. The van der Waals surface area contributed by atoms with Crippen molar-refractivity contribution in [2.75, 3.05) is 0 Å². The number of rotatable bonds is 3. The Balaban J connectivity index is 2.03. The van der Waals surface area contributed by atoms with Gasteiger partial charge in [0.1, 0.15) is 17.3 Å². The number of hydrogen-bond donors (Lipinski definition) is 2. The summed E-state index contributed by atoms with van der Waals surface area (Å²) in [4.78, 5) is 17.4. The second kappa shape index (κ2) is 4.97. The smallest absolute Gasteiger partial charge is 0.307 e. The molecule has 0 atom stereocenters. The maximum atomic E-state index is 13.9. The third kappa shape index (κ3) is 2.47. The number of fused-ring (bicyclic) bond motifs is 1. The Morgan fingerprint density at radius 1 is 1.19 bits per heavy atom. The first-order valence-electron chi connectivity index (χ1n) is 6.18. The zero-order valence-corrected chi connectivity index (χ0v) is 10.7. The molecule has 4 nitrogen and oxygen atoms in total. The van der Waals surface area contributed by atoms with Crippen LogP contribution in [0.15, 0.2) is 36.7 Å². The molecule has 0 bridgehead atoms. The lowest BCUT2D eigenvalue weighted by Crippen LogP contribution is -2.02. The molecule has 0 aliphatic carbocycles. The van der Waals surface area contributed by atoms with Gasteiger partial charge in [-0.25, -0.2) is 13.8 Å². The molecule has 0 unspecified atom stereocenters. The zero-order valence-electron chi connectivity index (χ0n) is 10.7. The van der Waals surface area contributed by atoms with E-state index in [1.165, 1.54) is 24.5 Å². The van der Waals surface area contributed by atoms with Gasteiger partial charge in [0, 0.05) is 18.0 Å². The van der Waals surface area contributed by atoms with E-state index < -0.39 is 17.6 Å². The van der Waals surface area contributed by atoms with Crippen LogP contribution in [0.3, 0.4) is 0 Å². The van der Waals surface area contributed by atoms with E-state index in [9.17, 15) is 13.6 Å². The van der Waals surface area contributed by atoms with E-state index in [4.69, 9.17) is 5.11 Å². The van der Waals surface area contributed by atoms with E-state index in [1.807, 2.05) is 0 Å². The maximum Gasteiger partial charge on any atom is 0.307 e. The average molecular weight is 288 g/mol. The van der Waals surface area contributed by atoms with Crippen LogP contribution in [-0.4, -0.2) is 21.0 Å². The summed E-state index contributed by atoms with van der Waals surface area (Å²) in [6.07, 6.45) is 2.33. The van der Waals surface area contributed by atoms with Gasteiger partial charge < -0.3 is 10.1 Å². The summed E-state index contributed by atoms with van der Waals surface area (Å²) < 4.78 is 27.4. The summed E-state index contributed by atoms with van der Waals surface area (Å²) in [5.74, 6) is -2.13. The number of carbonyl (C=O) groups is 1. The van der Waals surface area contributed by atoms with Gasteiger partial charge in [0.2, 0.25) is 0 Å². The summed E-state index contributed by atoms with van der Waals surface area (Å²) >= 11 is 0. The number of halogens is 2. The first-order valence-corrected chi connectivity index (χ1v) is 6.18. The Hall–Kier alpha value is -2.76. The molecule has 1 aromatic carbocycles. The van der Waals surface area contributed by atoms with Crippen molar-refractivity contribution in [1.82, 2.24) is 9.97 Å². The predicted octanol–water partition coefficient (Wildman–Crippen LogP) is 3.14. The van der Waals surface area contributed by atoms with Crippen molar-refractivity contribution in [3.63, 3.8) is 0 Å². The van der Waals surface area contributed by atoms with E-state index in [0.29, 0.717) is 22.2 Å². The van der Waals surface area contributed by atoms with Crippen molar-refractivity contribution in [2.24, 2.45) is 0 Å². The molecule has 0 fully saturated rings. The number of benzene rings is 1. The van der Waals surface area contributed by atoms with Crippen LogP contribution in [-0.2, 0) is 11.2 Å². The molecular weight excluding hydrogens is 278 g/mol. The molecule has 3 aromatic rings. The number of H-pyrrole nitrogens is 1. The van der Waals surface area contributed by atoms with Crippen LogP contribution >= 0.6 is 0 Å². The molecule has 0 saturated heterocycles. The molecule has 0 radical (unpaired) electrons. The summed E-state index contributed by atoms with van der Waals surface area (Å²) in [6, 6.07) is 5.80. The van der Waals surface area contributed by atoms with Crippen molar-refractivity contribution in [2.45, 2.75) is 6.42 Å². The monoisotopic (exact) mass is 288 g/mol. The molecule has 0 saturated carbocycles. The highest BCUT2D eigenvalue weighted by molar-refractivity contribution is 5.82. The third-order valence-electron chi connectivity index (χ3n) is 3.21. The summed E-state index contributed by atoms with van der Waals surface area (Å²) in [5.41, 5.74) is 1.59. The highest BCUT2D eigenvalue weighted by atomic mass is 19.1. The van der Waals surface area contributed by atoms with Crippen LogP contribution in [0.25, 0.3) is 22.2 Å². The van der Waals surface area contributed by atoms with Gasteiger partial charge in [-0.1, -0.05) is 12.1 Å². The Morgan fingerprint density at radius 3 is 2.71 bits per heavy atom. The fourth-order valence-electron chi connectivity index (χ4n) is 2.16. The summed E-state index contributed by atoms with van der Waals surface area (Å²) in [5, 5.41) is 9.00. The van der Waals surface area contributed by atoms with Crippen LogP contribution in [0.5, 0.6) is 0 Å². The van der Waals surface area contributed by atoms with Crippen LogP contribution in [0.1, 0.15) is 5.56 Å². The van der Waals surface area contributed by atoms with E-state index in [2.05, 4.69) is 9.97 Å². The first-order chi connectivity index (χ1) is 10.0. The largest absolute Gasteiger partial charge is 0.481 e. The molecule has 0 amide bonds. The van der Waals surface area contributed by atoms with Crippen LogP contribution < -0.4 is 0 Å². The van der Waals surface area contributed by atoms with E-state index in [1.54, 1.807) is 12.1 Å². The minimum absolute atomic E-state index is 0.105. The minimum atomic E-state index is -1.10. The van der Waals surface area contributed by atoms with Gasteiger partial charge in [-0.2, -0.15) is 0 Å². The topological polar surface area (TPSA) is 66.0 Å². The van der Waals surface area contributed by atoms with Gasteiger partial charge in [0.25, 0.3) is 0 Å². The van der Waals surface area contributed by atoms with Crippen molar-refractivity contribution >= 4 is 17.0 Å². The molecule has 3 rings (SSSR count). The minimum Gasteiger partial charge on any atom is -0.481 e. The van der Waals surface area contributed by atoms with Crippen LogP contribution in [0.2, 0.25) is 0 Å². The quantitative estimate of drug-likeness (QED) is 0.778. The Bertz CT molecular complexity index is 843. The highest BCUT2D eigenvalue weighted by Crippen LogP contribution is 2.25. The number of aromatic nitrogens is 2. The van der Waals surface area contributed by atoms with Crippen molar-refractivity contribution < 1.29 is 18.7 Å². The molecule has 21 heavy (non-hydrogen) atoms. The fourth-order valence-corrected chi connectivity index (χ4v) is 2.16. The van der Waals surface area contributed by atoms with E-state index in [0.717, 1.165) is 0 Å². The number of hydrogen-bond acceptors (Lipinski definition) is 2. The maximum absolute atomic E-state index is 13.9. The molecule has 2 N–H and O–H groups in total. The van der Waals surface area contributed by atoms with Crippen molar-refractivity contribution in [3.05, 3.63) is 53.9 Å². The normalized spacial score (nSPS) is 11.0.